The number of phenols is 1. The molecule has 4 rings (SSSR count). The number of nitrogens with one attached hydrogen (secondary N) is 1. The molecule has 1 saturated carbocycles. The molecule has 0 spiro atoms. The molecule has 2 aromatic rings. The zero-order valence-electron chi connectivity index (χ0n) is 16.5. The van der Waals surface area contributed by atoms with Crippen LogP contribution in [0.2, 0.25) is 0 Å². The molecular formula is C22H31N5O. The second-order valence-electron chi connectivity index (χ2n) is 8.07. The summed E-state index contributed by atoms with van der Waals surface area (Å²) in [5.74, 6) is 1.95. The molecule has 0 bridgehead atoms. The van der Waals surface area contributed by atoms with Crippen molar-refractivity contribution in [1.82, 2.24) is 14.9 Å². The van der Waals surface area contributed by atoms with Crippen LogP contribution < -0.4 is 10.2 Å². The van der Waals surface area contributed by atoms with Gasteiger partial charge in [-0.3, -0.25) is 4.90 Å². The Labute approximate surface area is 167 Å². The number of nitrogens with zero attached hydrogens (tertiary/aromatic N) is 4. The van der Waals surface area contributed by atoms with Crippen molar-refractivity contribution in [3.63, 3.8) is 0 Å². The largest absolute Gasteiger partial charge is 0.508 e. The first kappa shape index (κ1) is 19.0. The Morgan fingerprint density at radius 1 is 0.929 bits per heavy atom. The Bertz CT molecular complexity index is 707. The fraction of sp³-hybridized carbons (Fsp3) is 0.545. The Balaban J connectivity index is 1.14. The smallest absolute Gasteiger partial charge is 0.222 e. The maximum Gasteiger partial charge on any atom is 0.222 e. The summed E-state index contributed by atoms with van der Waals surface area (Å²) >= 11 is 0. The van der Waals surface area contributed by atoms with Gasteiger partial charge in [-0.2, -0.15) is 0 Å². The van der Waals surface area contributed by atoms with Gasteiger partial charge in [0.1, 0.15) is 5.75 Å². The third kappa shape index (κ3) is 5.13. The second kappa shape index (κ2) is 9.24. The van der Waals surface area contributed by atoms with Crippen molar-refractivity contribution < 1.29 is 5.11 Å². The molecule has 1 aromatic carbocycles. The Morgan fingerprint density at radius 2 is 1.61 bits per heavy atom. The van der Waals surface area contributed by atoms with Gasteiger partial charge < -0.3 is 15.3 Å². The average Bonchev–Trinajstić information content (AvgIpc) is 2.75. The zero-order valence-corrected chi connectivity index (χ0v) is 16.5. The molecule has 0 amide bonds. The van der Waals surface area contributed by atoms with Crippen molar-refractivity contribution >= 4 is 11.6 Å². The number of anilines is 2. The molecule has 1 aliphatic carbocycles. The van der Waals surface area contributed by atoms with E-state index in [1.54, 1.807) is 24.5 Å². The monoisotopic (exact) mass is 381 g/mol. The average molecular weight is 382 g/mol. The molecule has 2 N–H and O–H groups in total. The summed E-state index contributed by atoms with van der Waals surface area (Å²) in [5, 5.41) is 12.9. The summed E-state index contributed by atoms with van der Waals surface area (Å²) in [6.45, 7) is 5.61. The normalized spacial score (nSPS) is 23.5. The van der Waals surface area contributed by atoms with Crippen LogP contribution in [-0.4, -0.2) is 58.7 Å². The molecule has 2 aliphatic rings. The summed E-state index contributed by atoms with van der Waals surface area (Å²) in [6, 6.07) is 9.95. The van der Waals surface area contributed by atoms with Crippen molar-refractivity contribution in [3.8, 4) is 5.75 Å². The van der Waals surface area contributed by atoms with Gasteiger partial charge in [0.25, 0.3) is 0 Å². The molecule has 28 heavy (non-hydrogen) atoms. The van der Waals surface area contributed by atoms with Gasteiger partial charge in [0.05, 0.1) is 0 Å². The minimum absolute atomic E-state index is 0.337. The number of phenolic OH excluding ortho intramolecular Hbond substituents is 1. The van der Waals surface area contributed by atoms with Crippen LogP contribution in [0.4, 0.5) is 11.6 Å². The minimum atomic E-state index is 0.337. The fourth-order valence-electron chi connectivity index (χ4n) is 4.41. The molecule has 150 valence electrons. The quantitative estimate of drug-likeness (QED) is 0.800. The lowest BCUT2D eigenvalue weighted by Gasteiger charge is -2.37. The number of aromatic nitrogens is 2. The van der Waals surface area contributed by atoms with Gasteiger partial charge in [-0.25, -0.2) is 9.97 Å². The highest BCUT2D eigenvalue weighted by molar-refractivity contribution is 5.49. The van der Waals surface area contributed by atoms with E-state index in [1.165, 1.54) is 44.3 Å². The molecule has 0 radical (unpaired) electrons. The Kier molecular flexibility index (Phi) is 6.27. The van der Waals surface area contributed by atoms with Crippen LogP contribution >= 0.6 is 0 Å². The third-order valence-corrected chi connectivity index (χ3v) is 6.19. The van der Waals surface area contributed by atoms with Crippen LogP contribution in [0.15, 0.2) is 42.7 Å². The van der Waals surface area contributed by atoms with Crippen molar-refractivity contribution in [2.45, 2.75) is 38.1 Å². The van der Waals surface area contributed by atoms with Crippen molar-refractivity contribution in [2.24, 2.45) is 5.92 Å². The van der Waals surface area contributed by atoms with Gasteiger partial charge in [-0.1, -0.05) is 0 Å². The zero-order chi connectivity index (χ0) is 19.2. The molecule has 0 unspecified atom stereocenters. The summed E-state index contributed by atoms with van der Waals surface area (Å²) in [4.78, 5) is 13.6. The van der Waals surface area contributed by atoms with Crippen molar-refractivity contribution in [2.75, 3.05) is 42.9 Å². The molecule has 2 fully saturated rings. The van der Waals surface area contributed by atoms with Gasteiger partial charge >= 0.3 is 0 Å². The first-order chi connectivity index (χ1) is 13.8. The summed E-state index contributed by atoms with van der Waals surface area (Å²) in [7, 11) is 0. The highest BCUT2D eigenvalue weighted by atomic mass is 16.3. The van der Waals surface area contributed by atoms with Crippen LogP contribution in [-0.2, 0) is 0 Å². The van der Waals surface area contributed by atoms with E-state index in [9.17, 15) is 5.11 Å². The topological polar surface area (TPSA) is 64.5 Å². The van der Waals surface area contributed by atoms with Crippen molar-refractivity contribution in [3.05, 3.63) is 42.7 Å². The number of benzene rings is 1. The van der Waals surface area contributed by atoms with Crippen molar-refractivity contribution in [1.29, 1.82) is 0 Å². The van der Waals surface area contributed by atoms with Gasteiger partial charge in [0, 0.05) is 50.3 Å². The molecule has 1 saturated heterocycles. The van der Waals surface area contributed by atoms with Crippen LogP contribution in [0.3, 0.4) is 0 Å². The van der Waals surface area contributed by atoms with E-state index in [-0.39, 0.29) is 0 Å². The first-order valence-corrected chi connectivity index (χ1v) is 10.6. The van der Waals surface area contributed by atoms with E-state index in [4.69, 9.17) is 0 Å². The lowest BCUT2D eigenvalue weighted by atomic mass is 9.84. The molecule has 1 aliphatic heterocycles. The fourth-order valence-corrected chi connectivity index (χ4v) is 4.41. The van der Waals surface area contributed by atoms with Crippen LogP contribution in [0, 0.1) is 5.92 Å². The number of hydrogen-bond acceptors (Lipinski definition) is 6. The second-order valence-corrected chi connectivity index (χ2v) is 8.07. The molecular weight excluding hydrogens is 350 g/mol. The predicted molar refractivity (Wildman–Crippen MR) is 113 cm³/mol. The molecule has 6 heteroatoms. The third-order valence-electron chi connectivity index (χ3n) is 6.19. The summed E-state index contributed by atoms with van der Waals surface area (Å²) in [6.07, 6.45) is 9.95. The number of hydrogen-bond donors (Lipinski definition) is 2. The van der Waals surface area contributed by atoms with E-state index in [1.807, 2.05) is 18.2 Å². The van der Waals surface area contributed by atoms with E-state index in [2.05, 4.69) is 25.1 Å². The molecule has 0 atom stereocenters. The molecule has 1 aromatic heterocycles. The number of aromatic hydroxyl groups is 1. The van der Waals surface area contributed by atoms with E-state index >= 15 is 0 Å². The van der Waals surface area contributed by atoms with Crippen LogP contribution in [0.5, 0.6) is 5.75 Å². The highest BCUT2D eigenvalue weighted by Crippen LogP contribution is 2.28. The SMILES string of the molecule is Oc1ccc(N2CCN(CCC3CCC(Nc4ncccn4)CC3)CC2)cc1. The van der Waals surface area contributed by atoms with E-state index < -0.39 is 0 Å². The minimum Gasteiger partial charge on any atom is -0.508 e. The van der Waals surface area contributed by atoms with Crippen LogP contribution in [0.1, 0.15) is 32.1 Å². The Hall–Kier alpha value is -2.34. The number of piperazine rings is 1. The van der Waals surface area contributed by atoms with E-state index in [0.29, 0.717) is 11.8 Å². The lowest BCUT2D eigenvalue weighted by Crippen LogP contribution is -2.47. The van der Waals surface area contributed by atoms with Gasteiger partial charge in [-0.05, 0) is 74.9 Å². The lowest BCUT2D eigenvalue weighted by molar-refractivity contribution is 0.218. The highest BCUT2D eigenvalue weighted by Gasteiger charge is 2.23. The predicted octanol–water partition coefficient (Wildman–Crippen LogP) is 3.37. The summed E-state index contributed by atoms with van der Waals surface area (Å²) in [5.41, 5.74) is 1.21. The molecule has 2 heterocycles. The van der Waals surface area contributed by atoms with Gasteiger partial charge in [0.2, 0.25) is 5.95 Å². The maximum atomic E-state index is 9.44. The number of rotatable bonds is 6. The van der Waals surface area contributed by atoms with E-state index in [0.717, 1.165) is 38.0 Å². The van der Waals surface area contributed by atoms with Gasteiger partial charge in [-0.15, -0.1) is 0 Å². The van der Waals surface area contributed by atoms with Crippen LogP contribution in [0.25, 0.3) is 0 Å². The summed E-state index contributed by atoms with van der Waals surface area (Å²) < 4.78 is 0. The first-order valence-electron chi connectivity index (χ1n) is 10.6. The standard InChI is InChI=1S/C22H31N5O/c28-21-8-6-20(7-9-21)27-16-14-26(15-17-27)13-10-18-2-4-19(5-3-18)25-22-23-11-1-12-24-22/h1,6-9,11-12,18-19,28H,2-5,10,13-17H2,(H,23,24,25). The Morgan fingerprint density at radius 3 is 2.29 bits per heavy atom. The molecule has 6 nitrogen and oxygen atoms in total. The maximum absolute atomic E-state index is 9.44. The van der Waals surface area contributed by atoms with Gasteiger partial charge in [0.15, 0.2) is 0 Å².